The summed E-state index contributed by atoms with van der Waals surface area (Å²) in [5, 5.41) is 21.9. The van der Waals surface area contributed by atoms with Crippen molar-refractivity contribution in [3.63, 3.8) is 0 Å². The molecule has 3 N–H and O–H groups in total. The van der Waals surface area contributed by atoms with Crippen molar-refractivity contribution in [1.82, 2.24) is 10.2 Å². The number of nitrogens with zero attached hydrogens (tertiary/aromatic N) is 1. The quantitative estimate of drug-likeness (QED) is 0.708. The van der Waals surface area contributed by atoms with Gasteiger partial charge in [-0.15, -0.1) is 0 Å². The largest absolute Gasteiger partial charge is 0.507 e. The van der Waals surface area contributed by atoms with E-state index in [0.717, 1.165) is 24.9 Å². The van der Waals surface area contributed by atoms with E-state index in [9.17, 15) is 14.7 Å². The van der Waals surface area contributed by atoms with Crippen LogP contribution >= 0.6 is 0 Å². The fraction of sp³-hybridized carbons (Fsp3) is 0.556. The van der Waals surface area contributed by atoms with Gasteiger partial charge in [0.15, 0.2) is 0 Å². The van der Waals surface area contributed by atoms with Crippen LogP contribution < -0.4 is 5.32 Å². The molecular weight excluding hydrogens is 308 g/mol. The molecular formula is C18H24N2O4. The number of aryl methyl sites for hydroxylation is 1. The molecule has 130 valence electrons. The SMILES string of the molecule is Cc1ccc(C(=O)NC2CC(N(CC(=O)O)CC3CC3)C2)c(O)c1. The molecule has 24 heavy (non-hydrogen) atoms. The highest BCUT2D eigenvalue weighted by Crippen LogP contribution is 2.34. The Hall–Kier alpha value is -2.08. The lowest BCUT2D eigenvalue weighted by atomic mass is 9.85. The molecule has 2 aliphatic rings. The van der Waals surface area contributed by atoms with Crippen molar-refractivity contribution in [1.29, 1.82) is 0 Å². The molecule has 0 saturated heterocycles. The van der Waals surface area contributed by atoms with Crippen molar-refractivity contribution in [2.75, 3.05) is 13.1 Å². The third kappa shape index (κ3) is 4.06. The second kappa shape index (κ2) is 6.81. The first kappa shape index (κ1) is 16.8. The van der Waals surface area contributed by atoms with E-state index < -0.39 is 5.97 Å². The van der Waals surface area contributed by atoms with Gasteiger partial charge in [0.2, 0.25) is 0 Å². The van der Waals surface area contributed by atoms with E-state index in [1.54, 1.807) is 18.2 Å². The summed E-state index contributed by atoms with van der Waals surface area (Å²) in [6.07, 6.45) is 3.90. The number of nitrogens with one attached hydrogen (secondary N) is 1. The van der Waals surface area contributed by atoms with Crippen LogP contribution in [0, 0.1) is 12.8 Å². The maximum atomic E-state index is 12.2. The average Bonchev–Trinajstić information content (AvgIpc) is 3.24. The Morgan fingerprint density at radius 1 is 1.29 bits per heavy atom. The molecule has 1 aromatic rings. The van der Waals surface area contributed by atoms with E-state index in [1.165, 1.54) is 12.8 Å². The number of phenols is 1. The molecule has 0 aromatic heterocycles. The molecule has 2 saturated carbocycles. The van der Waals surface area contributed by atoms with Crippen LogP contribution in [0.4, 0.5) is 0 Å². The predicted molar refractivity (Wildman–Crippen MR) is 89.1 cm³/mol. The number of aliphatic carboxylic acids is 1. The van der Waals surface area contributed by atoms with Gasteiger partial charge in [-0.3, -0.25) is 14.5 Å². The monoisotopic (exact) mass is 332 g/mol. The molecule has 0 aliphatic heterocycles. The maximum Gasteiger partial charge on any atom is 0.317 e. The fourth-order valence-electron chi connectivity index (χ4n) is 3.25. The summed E-state index contributed by atoms with van der Waals surface area (Å²) >= 11 is 0. The van der Waals surface area contributed by atoms with Gasteiger partial charge >= 0.3 is 5.97 Å². The van der Waals surface area contributed by atoms with Crippen molar-refractivity contribution in [3.05, 3.63) is 29.3 Å². The Balaban J connectivity index is 1.51. The molecule has 1 aromatic carbocycles. The summed E-state index contributed by atoms with van der Waals surface area (Å²) in [7, 11) is 0. The Morgan fingerprint density at radius 3 is 2.58 bits per heavy atom. The van der Waals surface area contributed by atoms with E-state index in [0.29, 0.717) is 5.92 Å². The number of hydrogen-bond acceptors (Lipinski definition) is 4. The second-order valence-corrected chi connectivity index (χ2v) is 7.08. The molecule has 1 amide bonds. The molecule has 0 spiro atoms. The van der Waals surface area contributed by atoms with Gasteiger partial charge in [-0.25, -0.2) is 0 Å². The van der Waals surface area contributed by atoms with E-state index in [1.807, 2.05) is 11.8 Å². The second-order valence-electron chi connectivity index (χ2n) is 7.08. The first-order valence-electron chi connectivity index (χ1n) is 8.48. The minimum Gasteiger partial charge on any atom is -0.507 e. The van der Waals surface area contributed by atoms with Gasteiger partial charge < -0.3 is 15.5 Å². The zero-order valence-corrected chi connectivity index (χ0v) is 13.9. The zero-order chi connectivity index (χ0) is 17.3. The third-order valence-electron chi connectivity index (χ3n) is 4.89. The smallest absolute Gasteiger partial charge is 0.317 e. The van der Waals surface area contributed by atoms with Crippen molar-refractivity contribution in [3.8, 4) is 5.75 Å². The van der Waals surface area contributed by atoms with Gasteiger partial charge in [0, 0.05) is 18.6 Å². The summed E-state index contributed by atoms with van der Waals surface area (Å²) in [6, 6.07) is 5.25. The number of benzene rings is 1. The summed E-state index contributed by atoms with van der Waals surface area (Å²) in [6.45, 7) is 2.77. The van der Waals surface area contributed by atoms with Gasteiger partial charge in [0.05, 0.1) is 12.1 Å². The number of carboxylic acids is 1. The number of hydrogen-bond donors (Lipinski definition) is 3. The molecule has 0 atom stereocenters. The Morgan fingerprint density at radius 2 is 2.00 bits per heavy atom. The van der Waals surface area contributed by atoms with E-state index >= 15 is 0 Å². The number of aromatic hydroxyl groups is 1. The predicted octanol–water partition coefficient (Wildman–Crippen LogP) is 1.76. The Bertz CT molecular complexity index is 636. The molecule has 0 bridgehead atoms. The number of carbonyl (C=O) groups excluding carboxylic acids is 1. The fourth-order valence-corrected chi connectivity index (χ4v) is 3.25. The molecule has 2 aliphatic carbocycles. The number of carbonyl (C=O) groups is 2. The van der Waals surface area contributed by atoms with E-state index in [2.05, 4.69) is 5.32 Å². The molecule has 2 fully saturated rings. The highest BCUT2D eigenvalue weighted by Gasteiger charge is 2.37. The van der Waals surface area contributed by atoms with Gasteiger partial charge in [0.1, 0.15) is 5.75 Å². The number of rotatable bonds is 7. The van der Waals surface area contributed by atoms with Crippen LogP contribution in [0.25, 0.3) is 0 Å². The van der Waals surface area contributed by atoms with Crippen LogP contribution in [0.3, 0.4) is 0 Å². The highest BCUT2D eigenvalue weighted by molar-refractivity contribution is 5.97. The standard InChI is InChI=1S/C18H24N2O4/c1-11-2-5-15(16(21)6-11)18(24)19-13-7-14(8-13)20(10-17(22)23)9-12-3-4-12/h2,5-6,12-14,21H,3-4,7-10H2,1H3,(H,19,24)(H,22,23). The minimum absolute atomic E-state index is 0.00962. The van der Waals surface area contributed by atoms with Crippen LogP contribution in [-0.2, 0) is 4.79 Å². The zero-order valence-electron chi connectivity index (χ0n) is 13.9. The summed E-state index contributed by atoms with van der Waals surface area (Å²) in [4.78, 5) is 25.3. The molecule has 3 rings (SSSR count). The molecule has 0 heterocycles. The van der Waals surface area contributed by atoms with Gasteiger partial charge in [0.25, 0.3) is 5.91 Å². The number of carboxylic acid groups (broad SMARTS) is 1. The van der Waals surface area contributed by atoms with Gasteiger partial charge in [-0.2, -0.15) is 0 Å². The molecule has 6 heteroatoms. The van der Waals surface area contributed by atoms with E-state index in [-0.39, 0.29) is 35.8 Å². The lowest BCUT2D eigenvalue weighted by Gasteiger charge is -2.42. The Kier molecular flexibility index (Phi) is 4.76. The van der Waals surface area contributed by atoms with E-state index in [4.69, 9.17) is 5.11 Å². The van der Waals surface area contributed by atoms with Gasteiger partial charge in [-0.1, -0.05) is 6.07 Å². The normalized spacial score (nSPS) is 22.9. The van der Waals surface area contributed by atoms with Crippen LogP contribution in [0.5, 0.6) is 5.75 Å². The van der Waals surface area contributed by atoms with Crippen molar-refractivity contribution in [2.24, 2.45) is 5.92 Å². The third-order valence-corrected chi connectivity index (χ3v) is 4.89. The highest BCUT2D eigenvalue weighted by atomic mass is 16.4. The summed E-state index contributed by atoms with van der Waals surface area (Å²) in [5.41, 5.74) is 1.18. The van der Waals surface area contributed by atoms with Crippen molar-refractivity contribution in [2.45, 2.75) is 44.7 Å². The molecule has 0 unspecified atom stereocenters. The first-order valence-corrected chi connectivity index (χ1v) is 8.48. The van der Waals surface area contributed by atoms with Crippen LogP contribution in [0.2, 0.25) is 0 Å². The van der Waals surface area contributed by atoms with Crippen LogP contribution in [-0.4, -0.2) is 52.2 Å². The number of amides is 1. The van der Waals surface area contributed by atoms with Crippen LogP contribution in [0.15, 0.2) is 18.2 Å². The Labute approximate surface area is 141 Å². The lowest BCUT2D eigenvalue weighted by molar-refractivity contribution is -0.139. The first-order chi connectivity index (χ1) is 11.4. The van der Waals surface area contributed by atoms with Crippen molar-refractivity contribution < 1.29 is 19.8 Å². The summed E-state index contributed by atoms with van der Waals surface area (Å²) in [5.74, 6) is -0.442. The topological polar surface area (TPSA) is 89.9 Å². The number of phenolic OH excluding ortho intramolecular Hbond substituents is 1. The lowest BCUT2D eigenvalue weighted by Crippen LogP contribution is -2.55. The van der Waals surface area contributed by atoms with Gasteiger partial charge in [-0.05, 0) is 56.2 Å². The summed E-state index contributed by atoms with van der Waals surface area (Å²) < 4.78 is 0. The average molecular weight is 332 g/mol. The molecule has 0 radical (unpaired) electrons. The van der Waals surface area contributed by atoms with Crippen LogP contribution in [0.1, 0.15) is 41.6 Å². The minimum atomic E-state index is -0.798. The maximum absolute atomic E-state index is 12.2. The van der Waals surface area contributed by atoms with Crippen molar-refractivity contribution >= 4 is 11.9 Å². The molecule has 6 nitrogen and oxygen atoms in total.